The molecule has 0 aliphatic rings. The maximum absolute atomic E-state index is 5.80. The van der Waals surface area contributed by atoms with Crippen molar-refractivity contribution in [3.8, 4) is 0 Å². The molecule has 2 heterocycles. The molecule has 1 unspecified atom stereocenters. The number of halogens is 1. The molecule has 0 amide bonds. The first-order valence-corrected chi connectivity index (χ1v) is 6.84. The Labute approximate surface area is 110 Å². The standard InChI is InChI=1S/C12H15ClN2OS/c1-3-14-10(11-4-5-12(13)16-11)6-9-7-17-8(2)15-9/h4-5,7,10,14H,3,6H2,1-2H3. The van der Waals surface area contributed by atoms with Crippen molar-refractivity contribution in [2.45, 2.75) is 26.3 Å². The van der Waals surface area contributed by atoms with Crippen LogP contribution in [0.15, 0.2) is 21.9 Å². The molecule has 0 radical (unpaired) electrons. The van der Waals surface area contributed by atoms with Crippen LogP contribution in [0.1, 0.15) is 29.4 Å². The molecule has 3 nitrogen and oxygen atoms in total. The van der Waals surface area contributed by atoms with Crippen LogP contribution in [-0.2, 0) is 6.42 Å². The molecule has 0 aliphatic heterocycles. The number of aryl methyl sites for hydroxylation is 1. The molecule has 0 bridgehead atoms. The second-order valence-electron chi connectivity index (χ2n) is 3.81. The molecule has 92 valence electrons. The van der Waals surface area contributed by atoms with Crippen LogP contribution in [-0.4, -0.2) is 11.5 Å². The molecule has 1 N–H and O–H groups in total. The van der Waals surface area contributed by atoms with Crippen molar-refractivity contribution in [2.24, 2.45) is 0 Å². The van der Waals surface area contributed by atoms with Crippen molar-refractivity contribution in [2.75, 3.05) is 6.54 Å². The minimum absolute atomic E-state index is 0.133. The lowest BCUT2D eigenvalue weighted by Gasteiger charge is -2.13. The number of hydrogen-bond acceptors (Lipinski definition) is 4. The fourth-order valence-corrected chi connectivity index (χ4v) is 2.52. The molecule has 17 heavy (non-hydrogen) atoms. The topological polar surface area (TPSA) is 38.1 Å². The van der Waals surface area contributed by atoms with Gasteiger partial charge in [-0.2, -0.15) is 0 Å². The summed E-state index contributed by atoms with van der Waals surface area (Å²) >= 11 is 7.47. The van der Waals surface area contributed by atoms with Gasteiger partial charge in [-0.3, -0.25) is 0 Å². The van der Waals surface area contributed by atoms with Gasteiger partial charge in [0.15, 0.2) is 5.22 Å². The zero-order valence-corrected chi connectivity index (χ0v) is 11.4. The van der Waals surface area contributed by atoms with Crippen LogP contribution in [0.2, 0.25) is 5.22 Å². The largest absolute Gasteiger partial charge is 0.448 e. The lowest BCUT2D eigenvalue weighted by atomic mass is 10.1. The molecule has 2 aromatic rings. The number of likely N-dealkylation sites (N-methyl/N-ethyl adjacent to an activating group) is 1. The molecular weight excluding hydrogens is 256 g/mol. The van der Waals surface area contributed by atoms with E-state index in [4.69, 9.17) is 16.0 Å². The smallest absolute Gasteiger partial charge is 0.193 e. The summed E-state index contributed by atoms with van der Waals surface area (Å²) in [4.78, 5) is 4.47. The lowest BCUT2D eigenvalue weighted by Crippen LogP contribution is -2.22. The molecule has 0 fully saturated rings. The maximum Gasteiger partial charge on any atom is 0.193 e. The molecule has 2 aromatic heterocycles. The zero-order chi connectivity index (χ0) is 12.3. The van der Waals surface area contributed by atoms with Gasteiger partial charge in [0.2, 0.25) is 0 Å². The Morgan fingerprint density at radius 3 is 2.88 bits per heavy atom. The average Bonchev–Trinajstić information content (AvgIpc) is 2.87. The molecule has 0 aromatic carbocycles. The van der Waals surface area contributed by atoms with Crippen LogP contribution in [0.3, 0.4) is 0 Å². The third-order valence-corrected chi connectivity index (χ3v) is 3.49. The Bertz CT molecular complexity index is 480. The number of thiazole rings is 1. The number of nitrogens with one attached hydrogen (secondary N) is 1. The predicted molar refractivity (Wildman–Crippen MR) is 70.7 cm³/mol. The van der Waals surface area contributed by atoms with Crippen LogP contribution >= 0.6 is 22.9 Å². The first-order chi connectivity index (χ1) is 8.19. The Balaban J connectivity index is 2.12. The normalized spacial score (nSPS) is 12.9. The van der Waals surface area contributed by atoms with Crippen molar-refractivity contribution in [3.63, 3.8) is 0 Å². The van der Waals surface area contributed by atoms with Crippen molar-refractivity contribution in [1.29, 1.82) is 0 Å². The molecule has 2 rings (SSSR count). The molecule has 0 saturated carbocycles. The number of furan rings is 1. The Hall–Kier alpha value is -0.840. The Kier molecular flexibility index (Phi) is 4.20. The molecule has 0 saturated heterocycles. The molecule has 1 atom stereocenters. The van der Waals surface area contributed by atoms with E-state index < -0.39 is 0 Å². The van der Waals surface area contributed by atoms with E-state index in [9.17, 15) is 0 Å². The van der Waals surface area contributed by atoms with E-state index in [0.717, 1.165) is 29.4 Å². The number of aromatic nitrogens is 1. The van der Waals surface area contributed by atoms with Crippen molar-refractivity contribution in [1.82, 2.24) is 10.3 Å². The van der Waals surface area contributed by atoms with Crippen LogP contribution in [0.4, 0.5) is 0 Å². The van der Waals surface area contributed by atoms with Gasteiger partial charge < -0.3 is 9.73 Å². The highest BCUT2D eigenvalue weighted by Crippen LogP contribution is 2.23. The van der Waals surface area contributed by atoms with Crippen molar-refractivity contribution >= 4 is 22.9 Å². The monoisotopic (exact) mass is 270 g/mol. The summed E-state index contributed by atoms with van der Waals surface area (Å²) < 4.78 is 5.46. The third kappa shape index (κ3) is 3.31. The van der Waals surface area contributed by atoms with Gasteiger partial charge in [0.25, 0.3) is 0 Å². The summed E-state index contributed by atoms with van der Waals surface area (Å²) in [6.07, 6.45) is 0.821. The highest BCUT2D eigenvalue weighted by Gasteiger charge is 2.16. The Morgan fingerprint density at radius 2 is 2.35 bits per heavy atom. The predicted octanol–water partition coefficient (Wildman–Crippen LogP) is 3.59. The van der Waals surface area contributed by atoms with Gasteiger partial charge in [-0.15, -0.1) is 11.3 Å². The second-order valence-corrected chi connectivity index (χ2v) is 5.25. The van der Waals surface area contributed by atoms with E-state index >= 15 is 0 Å². The number of rotatable bonds is 5. The summed E-state index contributed by atoms with van der Waals surface area (Å²) in [7, 11) is 0. The van der Waals surface area contributed by atoms with E-state index in [1.807, 2.05) is 13.0 Å². The van der Waals surface area contributed by atoms with E-state index in [1.165, 1.54) is 0 Å². The van der Waals surface area contributed by atoms with Gasteiger partial charge in [0.1, 0.15) is 5.76 Å². The van der Waals surface area contributed by atoms with Gasteiger partial charge in [0, 0.05) is 11.8 Å². The quantitative estimate of drug-likeness (QED) is 0.902. The van der Waals surface area contributed by atoms with Crippen LogP contribution in [0.25, 0.3) is 0 Å². The SMILES string of the molecule is CCNC(Cc1csc(C)n1)c1ccc(Cl)o1. The Morgan fingerprint density at radius 1 is 1.53 bits per heavy atom. The van der Waals surface area contributed by atoms with Crippen LogP contribution in [0.5, 0.6) is 0 Å². The molecule has 5 heteroatoms. The van der Waals surface area contributed by atoms with Crippen molar-refractivity contribution in [3.05, 3.63) is 39.2 Å². The average molecular weight is 271 g/mol. The summed E-state index contributed by atoms with van der Waals surface area (Å²) in [5, 5.41) is 6.99. The minimum atomic E-state index is 0.133. The fourth-order valence-electron chi connectivity index (χ4n) is 1.75. The zero-order valence-electron chi connectivity index (χ0n) is 9.87. The third-order valence-electron chi connectivity index (χ3n) is 2.47. The van der Waals surface area contributed by atoms with E-state index in [2.05, 4.69) is 22.6 Å². The van der Waals surface area contributed by atoms with Gasteiger partial charge >= 0.3 is 0 Å². The van der Waals surface area contributed by atoms with Gasteiger partial charge in [-0.1, -0.05) is 6.92 Å². The number of nitrogens with zero attached hydrogens (tertiary/aromatic N) is 1. The summed E-state index contributed by atoms with van der Waals surface area (Å²) in [5.74, 6) is 0.863. The molecular formula is C12H15ClN2OS. The summed E-state index contributed by atoms with van der Waals surface area (Å²) in [6.45, 7) is 4.97. The van der Waals surface area contributed by atoms with Gasteiger partial charge in [-0.05, 0) is 37.2 Å². The highest BCUT2D eigenvalue weighted by atomic mass is 35.5. The minimum Gasteiger partial charge on any atom is -0.448 e. The van der Waals surface area contributed by atoms with Gasteiger partial charge in [0.05, 0.1) is 16.7 Å². The van der Waals surface area contributed by atoms with Crippen LogP contribution in [0, 0.1) is 6.92 Å². The fraction of sp³-hybridized carbons (Fsp3) is 0.417. The maximum atomic E-state index is 5.80. The molecule has 0 spiro atoms. The van der Waals surface area contributed by atoms with E-state index in [1.54, 1.807) is 17.4 Å². The van der Waals surface area contributed by atoms with E-state index in [-0.39, 0.29) is 6.04 Å². The van der Waals surface area contributed by atoms with Gasteiger partial charge in [-0.25, -0.2) is 4.98 Å². The second kappa shape index (κ2) is 5.67. The van der Waals surface area contributed by atoms with E-state index in [0.29, 0.717) is 5.22 Å². The summed E-state index contributed by atoms with van der Waals surface area (Å²) in [5.41, 5.74) is 1.09. The van der Waals surface area contributed by atoms with Crippen molar-refractivity contribution < 1.29 is 4.42 Å². The van der Waals surface area contributed by atoms with Crippen LogP contribution < -0.4 is 5.32 Å². The first-order valence-electron chi connectivity index (χ1n) is 5.58. The molecule has 0 aliphatic carbocycles. The summed E-state index contributed by atoms with van der Waals surface area (Å²) in [6, 6.07) is 3.82. The first kappa shape index (κ1) is 12.6. The highest BCUT2D eigenvalue weighted by molar-refractivity contribution is 7.09. The number of hydrogen-bond donors (Lipinski definition) is 1. The lowest BCUT2D eigenvalue weighted by molar-refractivity contribution is 0.415.